The van der Waals surface area contributed by atoms with Crippen LogP contribution in [0.3, 0.4) is 0 Å². The Balaban J connectivity index is 2.69. The summed E-state index contributed by atoms with van der Waals surface area (Å²) in [5, 5.41) is 2.99. The summed E-state index contributed by atoms with van der Waals surface area (Å²) in [6.07, 6.45) is 4.20. The van der Waals surface area contributed by atoms with Crippen molar-refractivity contribution in [2.45, 2.75) is 6.54 Å². The van der Waals surface area contributed by atoms with Gasteiger partial charge < -0.3 is 10.1 Å². The van der Waals surface area contributed by atoms with Crippen LogP contribution >= 0.6 is 0 Å². The summed E-state index contributed by atoms with van der Waals surface area (Å²) in [6, 6.07) is 3.65. The number of rotatable bonds is 7. The fourth-order valence-corrected chi connectivity index (χ4v) is 1.31. The van der Waals surface area contributed by atoms with Gasteiger partial charge in [-0.15, -0.1) is 0 Å². The molecule has 5 nitrogen and oxygen atoms in total. The summed E-state index contributed by atoms with van der Waals surface area (Å²) in [5.41, 5.74) is 0.695. The first-order valence-electron chi connectivity index (χ1n) is 5.73. The van der Waals surface area contributed by atoms with Crippen LogP contribution < -0.4 is 10.1 Å². The normalized spacial score (nSPS) is 10.3. The Labute approximate surface area is 116 Å². The van der Waals surface area contributed by atoms with Crippen molar-refractivity contribution < 1.29 is 19.0 Å². The number of nitrogens with one attached hydrogen (secondary N) is 1. The van der Waals surface area contributed by atoms with Crippen LogP contribution in [0.25, 0.3) is 0 Å². The predicted octanol–water partition coefficient (Wildman–Crippen LogP) is 2.23. The number of pyridine rings is 1. The molecule has 1 rings (SSSR count). The lowest BCUT2D eigenvalue weighted by atomic mass is 10.2. The lowest BCUT2D eigenvalue weighted by molar-refractivity contribution is -0.177. The number of nitrogens with zero attached hydrogens (tertiary/aromatic N) is 1. The topological polar surface area (TPSA) is 60.5 Å². The molecule has 0 aliphatic rings. The Morgan fingerprint density at radius 2 is 2.25 bits per heavy atom. The Morgan fingerprint density at radius 3 is 2.90 bits per heavy atom. The number of carbonyl (C=O) groups excluding carboxylic acids is 1. The second-order valence-electron chi connectivity index (χ2n) is 3.79. The van der Waals surface area contributed by atoms with Gasteiger partial charge in [-0.2, -0.15) is 0 Å². The lowest BCUT2D eigenvalue weighted by Crippen LogP contribution is -2.08. The third-order valence-electron chi connectivity index (χ3n) is 2.25. The van der Waals surface area contributed by atoms with Crippen LogP contribution in [0, 0.1) is 0 Å². The number of carbonyl (C=O) groups is 1. The molecule has 20 heavy (non-hydrogen) atoms. The molecule has 0 aromatic carbocycles. The van der Waals surface area contributed by atoms with E-state index in [9.17, 15) is 9.32 Å². The maximum Gasteiger partial charge on any atom is 0.378 e. The molecule has 106 valence electrons. The zero-order valence-electron chi connectivity index (χ0n) is 11.1. The van der Waals surface area contributed by atoms with Gasteiger partial charge in [-0.3, -0.25) is 0 Å². The zero-order chi connectivity index (χ0) is 15.0. The van der Waals surface area contributed by atoms with Gasteiger partial charge in [0.2, 0.25) is 5.88 Å². The molecule has 0 aliphatic heterocycles. The minimum atomic E-state index is -1.16. The fourth-order valence-electron chi connectivity index (χ4n) is 1.31. The van der Waals surface area contributed by atoms with Crippen LogP contribution in [-0.4, -0.2) is 18.0 Å². The average molecular weight is 278 g/mol. The standard InChI is InChI=1S/C14H15FN2O3/c1-10(14(18)20-15)6-7-11(2)19-13-12(9-16-3)5-4-8-17-13/h4-8,16H,1-2,9H2,3H3/b7-6-. The van der Waals surface area contributed by atoms with E-state index in [-0.39, 0.29) is 11.3 Å². The van der Waals surface area contributed by atoms with Crippen molar-refractivity contribution in [3.63, 3.8) is 0 Å². The molecule has 0 radical (unpaired) electrons. The van der Waals surface area contributed by atoms with Crippen molar-refractivity contribution in [2.75, 3.05) is 7.05 Å². The van der Waals surface area contributed by atoms with Crippen molar-refractivity contribution in [1.29, 1.82) is 0 Å². The molecule has 0 unspecified atom stereocenters. The van der Waals surface area contributed by atoms with Gasteiger partial charge in [0.15, 0.2) is 0 Å². The van der Waals surface area contributed by atoms with Gasteiger partial charge >= 0.3 is 5.97 Å². The minimum absolute atomic E-state index is 0.159. The van der Waals surface area contributed by atoms with Crippen LogP contribution in [0.1, 0.15) is 5.56 Å². The molecule has 0 saturated heterocycles. The molecular formula is C14H15FN2O3. The van der Waals surface area contributed by atoms with E-state index in [1.54, 1.807) is 19.3 Å². The van der Waals surface area contributed by atoms with E-state index in [1.165, 1.54) is 12.2 Å². The molecular weight excluding hydrogens is 263 g/mol. The first-order valence-corrected chi connectivity index (χ1v) is 5.73. The summed E-state index contributed by atoms with van der Waals surface area (Å²) < 4.78 is 17.1. The second-order valence-corrected chi connectivity index (χ2v) is 3.79. The van der Waals surface area contributed by atoms with Gasteiger partial charge in [0.05, 0.1) is 5.57 Å². The van der Waals surface area contributed by atoms with E-state index in [1.807, 2.05) is 6.07 Å². The Kier molecular flexibility index (Phi) is 6.12. The highest BCUT2D eigenvalue weighted by molar-refractivity contribution is 5.90. The number of aromatic nitrogens is 1. The molecule has 0 aliphatic carbocycles. The van der Waals surface area contributed by atoms with E-state index in [4.69, 9.17) is 4.74 Å². The third kappa shape index (κ3) is 4.66. The third-order valence-corrected chi connectivity index (χ3v) is 2.25. The molecule has 1 N–H and O–H groups in total. The first-order chi connectivity index (χ1) is 9.58. The van der Waals surface area contributed by atoms with E-state index in [0.717, 1.165) is 5.56 Å². The largest absolute Gasteiger partial charge is 0.439 e. The van der Waals surface area contributed by atoms with E-state index in [0.29, 0.717) is 12.4 Å². The van der Waals surface area contributed by atoms with Crippen LogP contribution in [0.4, 0.5) is 4.53 Å². The lowest BCUT2D eigenvalue weighted by Gasteiger charge is -2.09. The molecule has 1 aromatic rings. The van der Waals surface area contributed by atoms with Crippen LogP contribution in [0.2, 0.25) is 0 Å². The Bertz CT molecular complexity index is 541. The van der Waals surface area contributed by atoms with Gasteiger partial charge in [-0.1, -0.05) is 19.2 Å². The molecule has 1 heterocycles. The highest BCUT2D eigenvalue weighted by Crippen LogP contribution is 2.17. The molecule has 0 spiro atoms. The first kappa shape index (κ1) is 15.6. The van der Waals surface area contributed by atoms with Gasteiger partial charge in [-0.25, -0.2) is 14.7 Å². The highest BCUT2D eigenvalue weighted by Gasteiger charge is 2.07. The number of hydrogen-bond acceptors (Lipinski definition) is 5. The van der Waals surface area contributed by atoms with E-state index in [2.05, 4.69) is 28.4 Å². The fraction of sp³-hybridized carbons (Fsp3) is 0.143. The maximum absolute atomic E-state index is 11.6. The summed E-state index contributed by atoms with van der Waals surface area (Å²) in [5.74, 6) is -0.535. The number of ether oxygens (including phenoxy) is 1. The Hall–Kier alpha value is -2.47. The number of hydrogen-bond donors (Lipinski definition) is 1. The minimum Gasteiger partial charge on any atom is -0.439 e. The van der Waals surface area contributed by atoms with Gasteiger partial charge in [0.25, 0.3) is 0 Å². The van der Waals surface area contributed by atoms with Crippen molar-refractivity contribution in [1.82, 2.24) is 10.3 Å². The maximum atomic E-state index is 11.6. The Morgan fingerprint density at radius 1 is 1.50 bits per heavy atom. The summed E-state index contributed by atoms with van der Waals surface area (Å²) in [7, 11) is 1.80. The smallest absolute Gasteiger partial charge is 0.378 e. The average Bonchev–Trinajstić information content (AvgIpc) is 2.46. The van der Waals surface area contributed by atoms with E-state index < -0.39 is 5.97 Å². The molecule has 0 atom stereocenters. The summed E-state index contributed by atoms with van der Waals surface area (Å²) >= 11 is 0. The molecule has 1 aromatic heterocycles. The number of allylic oxidation sites excluding steroid dienone is 1. The van der Waals surface area contributed by atoms with Crippen molar-refractivity contribution in [2.24, 2.45) is 0 Å². The number of halogens is 1. The van der Waals surface area contributed by atoms with Gasteiger partial charge in [0.1, 0.15) is 5.76 Å². The SMILES string of the molecule is C=C(/C=C\C(=C)C(=O)OF)Oc1ncccc1CNC. The second kappa shape index (κ2) is 7.85. The van der Waals surface area contributed by atoms with Crippen LogP contribution in [-0.2, 0) is 16.3 Å². The molecule has 0 bridgehead atoms. The highest BCUT2D eigenvalue weighted by atomic mass is 19.3. The monoisotopic (exact) mass is 278 g/mol. The predicted molar refractivity (Wildman–Crippen MR) is 72.2 cm³/mol. The quantitative estimate of drug-likeness (QED) is 0.471. The molecule has 0 saturated carbocycles. The van der Waals surface area contributed by atoms with E-state index >= 15 is 0 Å². The molecule has 6 heteroatoms. The summed E-state index contributed by atoms with van der Waals surface area (Å²) in [6.45, 7) is 7.56. The van der Waals surface area contributed by atoms with Crippen molar-refractivity contribution in [3.8, 4) is 5.88 Å². The van der Waals surface area contributed by atoms with Gasteiger partial charge in [0, 0.05) is 22.8 Å². The van der Waals surface area contributed by atoms with Crippen LogP contribution in [0.15, 0.2) is 55.0 Å². The zero-order valence-corrected chi connectivity index (χ0v) is 11.1. The van der Waals surface area contributed by atoms with Crippen LogP contribution in [0.5, 0.6) is 5.88 Å². The molecule has 0 amide bonds. The molecule has 0 fully saturated rings. The van der Waals surface area contributed by atoms with Gasteiger partial charge in [-0.05, 0) is 25.3 Å². The van der Waals surface area contributed by atoms with Crippen molar-refractivity contribution >= 4 is 5.97 Å². The summed E-state index contributed by atoms with van der Waals surface area (Å²) in [4.78, 5) is 17.9. The van der Waals surface area contributed by atoms with Crippen molar-refractivity contribution in [3.05, 3.63) is 60.5 Å².